The Kier molecular flexibility index (Phi) is 4.30. The molecular formula is C13H21NO. The summed E-state index contributed by atoms with van der Waals surface area (Å²) < 4.78 is 0. The Morgan fingerprint density at radius 1 is 1.13 bits per heavy atom. The minimum absolute atomic E-state index is 0.223. The first-order valence-electron chi connectivity index (χ1n) is 5.40. The number of aliphatic hydroxyl groups excluding tert-OH is 1. The lowest BCUT2D eigenvalue weighted by Crippen LogP contribution is -2.22. The largest absolute Gasteiger partial charge is 0.395 e. The van der Waals surface area contributed by atoms with E-state index in [4.69, 9.17) is 5.11 Å². The Labute approximate surface area is 92.5 Å². The van der Waals surface area contributed by atoms with E-state index in [-0.39, 0.29) is 6.61 Å². The third-order valence-corrected chi connectivity index (χ3v) is 2.75. The standard InChI is InChI=1S/C13H21NO/c1-10-7-11(2)13(12(3)8-10)9-14(4)5-6-15/h7-8,15H,5-6,9H2,1-4H3. The lowest BCUT2D eigenvalue weighted by Gasteiger charge is -2.19. The Morgan fingerprint density at radius 3 is 2.13 bits per heavy atom. The summed E-state index contributed by atoms with van der Waals surface area (Å²) in [5.74, 6) is 0. The van der Waals surface area contributed by atoms with Crippen LogP contribution in [0.1, 0.15) is 22.3 Å². The fourth-order valence-corrected chi connectivity index (χ4v) is 1.98. The van der Waals surface area contributed by atoms with E-state index in [0.29, 0.717) is 0 Å². The molecule has 2 heteroatoms. The second-order valence-electron chi connectivity index (χ2n) is 4.34. The van der Waals surface area contributed by atoms with Crippen molar-refractivity contribution >= 4 is 0 Å². The number of likely N-dealkylation sites (N-methyl/N-ethyl adjacent to an activating group) is 1. The number of aliphatic hydroxyl groups is 1. The van der Waals surface area contributed by atoms with Crippen molar-refractivity contribution in [3.05, 3.63) is 34.4 Å². The van der Waals surface area contributed by atoms with Gasteiger partial charge in [-0.3, -0.25) is 4.90 Å². The van der Waals surface area contributed by atoms with Crippen LogP contribution in [0, 0.1) is 20.8 Å². The highest BCUT2D eigenvalue weighted by atomic mass is 16.3. The van der Waals surface area contributed by atoms with E-state index in [2.05, 4.69) is 37.8 Å². The maximum Gasteiger partial charge on any atom is 0.0558 e. The third kappa shape index (κ3) is 3.33. The van der Waals surface area contributed by atoms with E-state index in [0.717, 1.165) is 13.1 Å². The fraction of sp³-hybridized carbons (Fsp3) is 0.538. The SMILES string of the molecule is Cc1cc(C)c(CN(C)CCO)c(C)c1. The van der Waals surface area contributed by atoms with Gasteiger partial charge >= 0.3 is 0 Å². The molecule has 0 heterocycles. The van der Waals surface area contributed by atoms with Crippen LogP contribution < -0.4 is 0 Å². The lowest BCUT2D eigenvalue weighted by atomic mass is 9.99. The zero-order valence-electron chi connectivity index (χ0n) is 10.2. The van der Waals surface area contributed by atoms with Crippen LogP contribution in [0.3, 0.4) is 0 Å². The average molecular weight is 207 g/mol. The van der Waals surface area contributed by atoms with Crippen molar-refractivity contribution in [2.75, 3.05) is 20.2 Å². The Hall–Kier alpha value is -0.860. The van der Waals surface area contributed by atoms with Gasteiger partial charge in [0.25, 0.3) is 0 Å². The maximum atomic E-state index is 8.86. The Morgan fingerprint density at radius 2 is 1.67 bits per heavy atom. The monoisotopic (exact) mass is 207 g/mol. The molecule has 0 aliphatic heterocycles. The number of aryl methyl sites for hydroxylation is 3. The highest BCUT2D eigenvalue weighted by Gasteiger charge is 2.06. The molecule has 0 amide bonds. The van der Waals surface area contributed by atoms with E-state index >= 15 is 0 Å². The van der Waals surface area contributed by atoms with Crippen LogP contribution in [-0.4, -0.2) is 30.2 Å². The van der Waals surface area contributed by atoms with Crippen LogP contribution in [-0.2, 0) is 6.54 Å². The maximum absolute atomic E-state index is 8.86. The molecule has 84 valence electrons. The van der Waals surface area contributed by atoms with Crippen molar-refractivity contribution in [2.45, 2.75) is 27.3 Å². The molecule has 1 aromatic rings. The van der Waals surface area contributed by atoms with Gasteiger partial charge in [0.2, 0.25) is 0 Å². The topological polar surface area (TPSA) is 23.5 Å². The Bertz CT molecular complexity index is 310. The Balaban J connectivity index is 2.85. The molecule has 1 rings (SSSR count). The first-order chi connectivity index (χ1) is 7.04. The number of hydrogen-bond donors (Lipinski definition) is 1. The first kappa shape index (κ1) is 12.2. The van der Waals surface area contributed by atoms with Crippen LogP contribution >= 0.6 is 0 Å². The molecule has 0 spiro atoms. The summed E-state index contributed by atoms with van der Waals surface area (Å²) in [6.07, 6.45) is 0. The van der Waals surface area contributed by atoms with Gasteiger partial charge in [0, 0.05) is 13.1 Å². The highest BCUT2D eigenvalue weighted by molar-refractivity contribution is 5.37. The van der Waals surface area contributed by atoms with Crippen LogP contribution in [0.4, 0.5) is 0 Å². The first-order valence-corrected chi connectivity index (χ1v) is 5.40. The second-order valence-corrected chi connectivity index (χ2v) is 4.34. The summed E-state index contributed by atoms with van der Waals surface area (Å²) in [6.45, 7) is 8.30. The second kappa shape index (κ2) is 5.29. The molecule has 0 saturated carbocycles. The molecule has 0 fully saturated rings. The van der Waals surface area contributed by atoms with E-state index in [1.165, 1.54) is 22.3 Å². The molecule has 0 saturated heterocycles. The van der Waals surface area contributed by atoms with Crippen molar-refractivity contribution in [1.82, 2.24) is 4.90 Å². The van der Waals surface area contributed by atoms with Gasteiger partial charge in [-0.1, -0.05) is 17.7 Å². The molecule has 0 radical (unpaired) electrons. The third-order valence-electron chi connectivity index (χ3n) is 2.75. The molecule has 0 bridgehead atoms. The lowest BCUT2D eigenvalue weighted by molar-refractivity contribution is 0.217. The van der Waals surface area contributed by atoms with Crippen molar-refractivity contribution < 1.29 is 5.11 Å². The quantitative estimate of drug-likeness (QED) is 0.816. The van der Waals surface area contributed by atoms with Crippen LogP contribution in [0.5, 0.6) is 0 Å². The highest BCUT2D eigenvalue weighted by Crippen LogP contribution is 2.17. The summed E-state index contributed by atoms with van der Waals surface area (Å²) in [5, 5.41) is 8.86. The van der Waals surface area contributed by atoms with Crippen LogP contribution in [0.2, 0.25) is 0 Å². The number of nitrogens with zero attached hydrogens (tertiary/aromatic N) is 1. The summed E-state index contributed by atoms with van der Waals surface area (Å²) >= 11 is 0. The van der Waals surface area contributed by atoms with Crippen molar-refractivity contribution in [3.8, 4) is 0 Å². The summed E-state index contributed by atoms with van der Waals surface area (Å²) in [4.78, 5) is 2.14. The van der Waals surface area contributed by atoms with Crippen LogP contribution in [0.15, 0.2) is 12.1 Å². The zero-order chi connectivity index (χ0) is 11.4. The van der Waals surface area contributed by atoms with Crippen molar-refractivity contribution in [3.63, 3.8) is 0 Å². The molecular weight excluding hydrogens is 186 g/mol. The number of benzene rings is 1. The predicted molar refractivity (Wildman–Crippen MR) is 64.1 cm³/mol. The van der Waals surface area contributed by atoms with Gasteiger partial charge < -0.3 is 5.11 Å². The number of hydrogen-bond acceptors (Lipinski definition) is 2. The molecule has 2 nitrogen and oxygen atoms in total. The van der Waals surface area contributed by atoms with E-state index in [1.807, 2.05) is 7.05 Å². The van der Waals surface area contributed by atoms with Gasteiger partial charge in [0.05, 0.1) is 6.61 Å². The van der Waals surface area contributed by atoms with Gasteiger partial charge in [-0.15, -0.1) is 0 Å². The minimum atomic E-state index is 0.223. The summed E-state index contributed by atoms with van der Waals surface area (Å²) in [5.41, 5.74) is 5.39. The average Bonchev–Trinajstić information content (AvgIpc) is 2.11. The zero-order valence-corrected chi connectivity index (χ0v) is 10.2. The molecule has 0 aliphatic carbocycles. The van der Waals surface area contributed by atoms with E-state index in [9.17, 15) is 0 Å². The normalized spacial score (nSPS) is 11.1. The molecule has 0 atom stereocenters. The summed E-state index contributed by atoms with van der Waals surface area (Å²) in [6, 6.07) is 4.43. The predicted octanol–water partition coefficient (Wildman–Crippen LogP) is 2.04. The van der Waals surface area contributed by atoms with Crippen molar-refractivity contribution in [1.29, 1.82) is 0 Å². The van der Waals surface area contributed by atoms with Crippen molar-refractivity contribution in [2.24, 2.45) is 0 Å². The van der Waals surface area contributed by atoms with Gasteiger partial charge in [-0.2, -0.15) is 0 Å². The number of rotatable bonds is 4. The van der Waals surface area contributed by atoms with Gasteiger partial charge in [-0.25, -0.2) is 0 Å². The molecule has 1 N–H and O–H groups in total. The summed E-state index contributed by atoms with van der Waals surface area (Å²) in [7, 11) is 2.04. The van der Waals surface area contributed by atoms with E-state index in [1.54, 1.807) is 0 Å². The molecule has 15 heavy (non-hydrogen) atoms. The molecule has 1 aromatic carbocycles. The molecule has 0 aromatic heterocycles. The van der Waals surface area contributed by atoms with Gasteiger partial charge in [-0.05, 0) is 44.5 Å². The van der Waals surface area contributed by atoms with E-state index < -0.39 is 0 Å². The molecule has 0 aliphatic rings. The van der Waals surface area contributed by atoms with Gasteiger partial charge in [0.1, 0.15) is 0 Å². The minimum Gasteiger partial charge on any atom is -0.395 e. The van der Waals surface area contributed by atoms with Crippen LogP contribution in [0.25, 0.3) is 0 Å². The van der Waals surface area contributed by atoms with Gasteiger partial charge in [0.15, 0.2) is 0 Å². The fourth-order valence-electron chi connectivity index (χ4n) is 1.98. The molecule has 0 unspecified atom stereocenters. The smallest absolute Gasteiger partial charge is 0.0558 e.